The lowest BCUT2D eigenvalue weighted by atomic mass is 10.3. The van der Waals surface area contributed by atoms with Gasteiger partial charge in [-0.25, -0.2) is 9.37 Å². The highest BCUT2D eigenvalue weighted by molar-refractivity contribution is 7.99. The minimum atomic E-state index is -0.419. The van der Waals surface area contributed by atoms with Gasteiger partial charge < -0.3 is 19.5 Å². The molecular weight excluding hydrogens is 397 g/mol. The zero-order chi connectivity index (χ0) is 20.6. The average molecular weight is 415 g/mol. The lowest BCUT2D eigenvalue weighted by molar-refractivity contribution is -0.113. The first-order chi connectivity index (χ1) is 14.1. The number of rotatable bonds is 8. The topological polar surface area (TPSA) is 82.6 Å². The molecule has 0 aliphatic carbocycles. The fourth-order valence-electron chi connectivity index (χ4n) is 2.31. The molecule has 0 saturated carbocycles. The summed E-state index contributed by atoms with van der Waals surface area (Å²) in [7, 11) is 3.10. The predicted molar refractivity (Wildman–Crippen MR) is 107 cm³/mol. The van der Waals surface area contributed by atoms with Gasteiger partial charge in [-0.1, -0.05) is 17.8 Å². The van der Waals surface area contributed by atoms with Crippen molar-refractivity contribution in [1.29, 1.82) is 0 Å². The summed E-state index contributed by atoms with van der Waals surface area (Å²) in [6, 6.07) is 12.4. The predicted octanol–water partition coefficient (Wildman–Crippen LogP) is 4.16. The van der Waals surface area contributed by atoms with E-state index in [-0.39, 0.29) is 11.7 Å². The van der Waals surface area contributed by atoms with E-state index in [1.807, 2.05) is 0 Å². The van der Waals surface area contributed by atoms with Crippen LogP contribution in [-0.2, 0) is 4.79 Å². The highest BCUT2D eigenvalue weighted by Crippen LogP contribution is 2.30. The minimum Gasteiger partial charge on any atom is -0.496 e. The molecule has 0 spiro atoms. The van der Waals surface area contributed by atoms with Crippen LogP contribution in [0.1, 0.15) is 0 Å². The van der Waals surface area contributed by atoms with Crippen LogP contribution in [0.2, 0.25) is 0 Å². The van der Waals surface area contributed by atoms with Crippen LogP contribution >= 0.6 is 11.8 Å². The van der Waals surface area contributed by atoms with Crippen molar-refractivity contribution < 1.29 is 23.4 Å². The summed E-state index contributed by atoms with van der Waals surface area (Å²) in [4.78, 5) is 20.4. The Balaban J connectivity index is 1.61. The van der Waals surface area contributed by atoms with Gasteiger partial charge in [-0.2, -0.15) is 4.98 Å². The number of halogens is 1. The van der Waals surface area contributed by atoms with Gasteiger partial charge in [-0.05, 0) is 18.2 Å². The largest absolute Gasteiger partial charge is 0.496 e. The standard InChI is InChI=1S/C20H18FN3O4S/c1-26-15-9-16(27-2)11-17(10-15)28-19-6-7-22-20(24-19)29-12-18(25)23-14-5-3-4-13(21)8-14/h3-11H,12H2,1-2H3,(H,23,25). The molecule has 9 heteroatoms. The van der Waals surface area contributed by atoms with Crippen molar-refractivity contribution in [1.82, 2.24) is 9.97 Å². The van der Waals surface area contributed by atoms with Crippen molar-refractivity contribution in [2.75, 3.05) is 25.3 Å². The Morgan fingerprint density at radius 2 is 1.79 bits per heavy atom. The smallest absolute Gasteiger partial charge is 0.234 e. The molecule has 2 aromatic carbocycles. The number of thioether (sulfide) groups is 1. The van der Waals surface area contributed by atoms with Crippen molar-refractivity contribution >= 4 is 23.4 Å². The van der Waals surface area contributed by atoms with Crippen LogP contribution in [0, 0.1) is 5.82 Å². The number of amides is 1. The molecule has 0 saturated heterocycles. The molecule has 0 unspecified atom stereocenters. The third-order valence-corrected chi connectivity index (χ3v) is 4.46. The first-order valence-electron chi connectivity index (χ1n) is 8.48. The van der Waals surface area contributed by atoms with Gasteiger partial charge in [0.25, 0.3) is 0 Å². The second-order valence-corrected chi connectivity index (χ2v) is 6.62. The molecule has 0 bridgehead atoms. The zero-order valence-electron chi connectivity index (χ0n) is 15.7. The summed E-state index contributed by atoms with van der Waals surface area (Å²) in [5.41, 5.74) is 0.389. The summed E-state index contributed by atoms with van der Waals surface area (Å²) >= 11 is 1.13. The van der Waals surface area contributed by atoms with Gasteiger partial charge in [-0.3, -0.25) is 4.79 Å². The molecule has 0 aliphatic heterocycles. The molecular formula is C20H18FN3O4S. The second kappa shape index (κ2) is 9.74. The molecule has 150 valence electrons. The Morgan fingerprint density at radius 3 is 2.48 bits per heavy atom. The van der Waals surface area contributed by atoms with E-state index in [1.54, 1.807) is 44.6 Å². The number of benzene rings is 2. The Labute approximate surface area is 171 Å². The number of methoxy groups -OCH3 is 2. The van der Waals surface area contributed by atoms with Gasteiger partial charge in [0.05, 0.1) is 20.0 Å². The van der Waals surface area contributed by atoms with Crippen LogP contribution in [0.25, 0.3) is 0 Å². The monoisotopic (exact) mass is 415 g/mol. The lowest BCUT2D eigenvalue weighted by Crippen LogP contribution is -2.14. The van der Waals surface area contributed by atoms with E-state index in [9.17, 15) is 9.18 Å². The van der Waals surface area contributed by atoms with E-state index < -0.39 is 5.82 Å². The molecule has 7 nitrogen and oxygen atoms in total. The zero-order valence-corrected chi connectivity index (χ0v) is 16.5. The van der Waals surface area contributed by atoms with E-state index in [0.29, 0.717) is 34.0 Å². The van der Waals surface area contributed by atoms with Crippen molar-refractivity contribution in [3.05, 3.63) is 60.5 Å². The van der Waals surface area contributed by atoms with Crippen molar-refractivity contribution in [3.8, 4) is 23.1 Å². The SMILES string of the molecule is COc1cc(OC)cc(Oc2ccnc(SCC(=O)Nc3cccc(F)c3)n2)c1. The van der Waals surface area contributed by atoms with E-state index >= 15 is 0 Å². The number of carbonyl (C=O) groups excluding carboxylic acids is 1. The maximum Gasteiger partial charge on any atom is 0.234 e. The Kier molecular flexibility index (Phi) is 6.85. The van der Waals surface area contributed by atoms with Gasteiger partial charge in [-0.15, -0.1) is 0 Å². The highest BCUT2D eigenvalue weighted by atomic mass is 32.2. The van der Waals surface area contributed by atoms with Crippen LogP contribution < -0.4 is 19.5 Å². The number of carbonyl (C=O) groups is 1. The summed E-state index contributed by atoms with van der Waals surface area (Å²) in [6.07, 6.45) is 1.53. The summed E-state index contributed by atoms with van der Waals surface area (Å²) in [5, 5.41) is 2.99. The third kappa shape index (κ3) is 6.08. The van der Waals surface area contributed by atoms with E-state index in [1.165, 1.54) is 24.4 Å². The number of aromatic nitrogens is 2. The molecule has 3 rings (SSSR count). The number of ether oxygens (including phenoxy) is 3. The molecule has 0 radical (unpaired) electrons. The van der Waals surface area contributed by atoms with Crippen LogP contribution in [0.3, 0.4) is 0 Å². The average Bonchev–Trinajstić information content (AvgIpc) is 2.72. The van der Waals surface area contributed by atoms with Crippen molar-refractivity contribution in [2.24, 2.45) is 0 Å². The number of hydrogen-bond donors (Lipinski definition) is 1. The molecule has 0 atom stereocenters. The molecule has 0 aliphatic rings. The Morgan fingerprint density at radius 1 is 1.07 bits per heavy atom. The molecule has 1 N–H and O–H groups in total. The first-order valence-corrected chi connectivity index (χ1v) is 9.46. The Bertz CT molecular complexity index is 981. The number of nitrogens with one attached hydrogen (secondary N) is 1. The summed E-state index contributed by atoms with van der Waals surface area (Å²) in [6.45, 7) is 0. The second-order valence-electron chi connectivity index (χ2n) is 5.68. The van der Waals surface area contributed by atoms with E-state index in [2.05, 4.69) is 15.3 Å². The van der Waals surface area contributed by atoms with Crippen LogP contribution in [0.5, 0.6) is 23.1 Å². The minimum absolute atomic E-state index is 0.0624. The molecule has 1 aromatic heterocycles. The maximum absolute atomic E-state index is 13.2. The van der Waals surface area contributed by atoms with E-state index in [4.69, 9.17) is 14.2 Å². The third-order valence-electron chi connectivity index (χ3n) is 3.60. The molecule has 0 fully saturated rings. The fraction of sp³-hybridized carbons (Fsp3) is 0.150. The van der Waals surface area contributed by atoms with Crippen molar-refractivity contribution in [3.63, 3.8) is 0 Å². The first kappa shape index (κ1) is 20.4. The van der Waals surface area contributed by atoms with Crippen LogP contribution in [0.15, 0.2) is 59.9 Å². The van der Waals surface area contributed by atoms with Gasteiger partial charge in [0.15, 0.2) is 5.16 Å². The van der Waals surface area contributed by atoms with Gasteiger partial charge in [0.2, 0.25) is 11.8 Å². The van der Waals surface area contributed by atoms with Crippen molar-refractivity contribution in [2.45, 2.75) is 5.16 Å². The summed E-state index contributed by atoms with van der Waals surface area (Å²) in [5.74, 6) is 1.30. The number of anilines is 1. The normalized spacial score (nSPS) is 10.3. The number of hydrogen-bond acceptors (Lipinski definition) is 7. The highest BCUT2D eigenvalue weighted by Gasteiger charge is 2.09. The van der Waals surface area contributed by atoms with E-state index in [0.717, 1.165) is 11.8 Å². The maximum atomic E-state index is 13.2. The van der Waals surface area contributed by atoms with Crippen LogP contribution in [-0.4, -0.2) is 35.8 Å². The number of nitrogens with zero attached hydrogens (tertiary/aromatic N) is 2. The molecule has 1 heterocycles. The summed E-state index contributed by atoms with van der Waals surface area (Å²) < 4.78 is 29.4. The fourth-order valence-corrected chi connectivity index (χ4v) is 2.93. The molecule has 1 amide bonds. The van der Waals surface area contributed by atoms with Crippen LogP contribution in [0.4, 0.5) is 10.1 Å². The molecule has 3 aromatic rings. The van der Waals surface area contributed by atoms with Gasteiger partial charge in [0.1, 0.15) is 23.1 Å². The molecule has 29 heavy (non-hydrogen) atoms. The Hall–Kier alpha value is -3.33. The van der Waals surface area contributed by atoms with Gasteiger partial charge in [0, 0.05) is 36.1 Å². The quantitative estimate of drug-likeness (QED) is 0.437. The lowest BCUT2D eigenvalue weighted by Gasteiger charge is -2.10. The van der Waals surface area contributed by atoms with Gasteiger partial charge >= 0.3 is 0 Å².